The van der Waals surface area contributed by atoms with Gasteiger partial charge in [-0.05, 0) is 5.56 Å². The molecule has 1 saturated heterocycles. The Morgan fingerprint density at radius 3 is 2.75 bits per heavy atom. The number of morpholine rings is 1. The van der Waals surface area contributed by atoms with E-state index < -0.39 is 12.0 Å². The first-order valence-electron chi connectivity index (χ1n) is 6.50. The molecule has 1 fully saturated rings. The molecule has 0 aliphatic carbocycles. The number of carbonyl (C=O) groups is 2. The normalized spacial score (nSPS) is 20.4. The maximum Gasteiger partial charge on any atom is 0.305 e. The van der Waals surface area contributed by atoms with Gasteiger partial charge in [0.05, 0.1) is 25.6 Å². The largest absolute Gasteiger partial charge is 0.481 e. The first-order valence-corrected chi connectivity index (χ1v) is 6.50. The van der Waals surface area contributed by atoms with Gasteiger partial charge in [0.15, 0.2) is 0 Å². The topological polar surface area (TPSA) is 92.9 Å². The molecule has 6 nitrogen and oxygen atoms in total. The van der Waals surface area contributed by atoms with Crippen LogP contribution >= 0.6 is 0 Å². The molecule has 0 bridgehead atoms. The summed E-state index contributed by atoms with van der Waals surface area (Å²) in [6, 6.07) is 8.62. The Balaban J connectivity index is 2.00. The van der Waals surface area contributed by atoms with E-state index in [0.717, 1.165) is 5.56 Å². The number of carboxylic acid groups (broad SMARTS) is 1. The predicted molar refractivity (Wildman–Crippen MR) is 71.9 cm³/mol. The molecule has 1 amide bonds. The van der Waals surface area contributed by atoms with Crippen LogP contribution in [-0.2, 0) is 14.3 Å². The zero-order valence-corrected chi connectivity index (χ0v) is 11.1. The van der Waals surface area contributed by atoms with Crippen LogP contribution in [0, 0.1) is 0 Å². The van der Waals surface area contributed by atoms with Crippen LogP contribution in [0.5, 0.6) is 0 Å². The molecule has 2 unspecified atom stereocenters. The van der Waals surface area contributed by atoms with E-state index in [2.05, 4.69) is 0 Å². The lowest BCUT2D eigenvalue weighted by Gasteiger charge is -2.34. The molecule has 2 atom stereocenters. The van der Waals surface area contributed by atoms with E-state index in [9.17, 15) is 9.59 Å². The van der Waals surface area contributed by atoms with E-state index >= 15 is 0 Å². The molecule has 1 aliphatic heterocycles. The van der Waals surface area contributed by atoms with Crippen molar-refractivity contribution in [2.24, 2.45) is 5.73 Å². The molecule has 1 aromatic carbocycles. The smallest absolute Gasteiger partial charge is 0.305 e. The van der Waals surface area contributed by atoms with Crippen molar-refractivity contribution in [3.63, 3.8) is 0 Å². The highest BCUT2D eigenvalue weighted by atomic mass is 16.5. The minimum Gasteiger partial charge on any atom is -0.481 e. The number of nitrogens with zero attached hydrogens (tertiary/aromatic N) is 1. The Morgan fingerprint density at radius 2 is 2.10 bits per heavy atom. The molecule has 1 aliphatic rings. The van der Waals surface area contributed by atoms with Crippen LogP contribution in [0.2, 0.25) is 0 Å². The Hall–Kier alpha value is -1.92. The van der Waals surface area contributed by atoms with Crippen molar-refractivity contribution in [2.75, 3.05) is 19.7 Å². The summed E-state index contributed by atoms with van der Waals surface area (Å²) in [7, 11) is 0. The van der Waals surface area contributed by atoms with Crippen LogP contribution < -0.4 is 5.73 Å². The number of ether oxygens (including phenoxy) is 1. The van der Waals surface area contributed by atoms with Crippen LogP contribution in [-0.4, -0.2) is 47.6 Å². The molecular formula is C14H18N2O4. The second kappa shape index (κ2) is 6.49. The molecule has 2 rings (SSSR count). The van der Waals surface area contributed by atoms with E-state index in [1.54, 1.807) is 4.90 Å². The molecule has 0 saturated carbocycles. The summed E-state index contributed by atoms with van der Waals surface area (Å²) >= 11 is 0. The van der Waals surface area contributed by atoms with Gasteiger partial charge >= 0.3 is 5.97 Å². The maximum absolute atomic E-state index is 12.1. The number of aliphatic carboxylic acids is 1. The van der Waals surface area contributed by atoms with Crippen molar-refractivity contribution in [2.45, 2.75) is 18.6 Å². The van der Waals surface area contributed by atoms with E-state index in [4.69, 9.17) is 15.6 Å². The van der Waals surface area contributed by atoms with Crippen LogP contribution in [0.3, 0.4) is 0 Å². The van der Waals surface area contributed by atoms with Gasteiger partial charge in [-0.3, -0.25) is 9.59 Å². The molecule has 0 aromatic heterocycles. The Kier molecular flexibility index (Phi) is 4.70. The minimum absolute atomic E-state index is 0.189. The molecule has 6 heteroatoms. The van der Waals surface area contributed by atoms with E-state index in [0.29, 0.717) is 19.7 Å². The fraction of sp³-hybridized carbons (Fsp3) is 0.429. The third kappa shape index (κ3) is 3.55. The quantitative estimate of drug-likeness (QED) is 0.831. The summed E-state index contributed by atoms with van der Waals surface area (Å²) < 4.78 is 5.65. The third-order valence-corrected chi connectivity index (χ3v) is 3.26. The summed E-state index contributed by atoms with van der Waals surface area (Å²) in [5.74, 6) is -1.41. The zero-order chi connectivity index (χ0) is 14.5. The number of carboxylic acids is 1. The highest BCUT2D eigenvalue weighted by Crippen LogP contribution is 2.22. The van der Waals surface area contributed by atoms with Crippen LogP contribution in [0.25, 0.3) is 0 Å². The van der Waals surface area contributed by atoms with Gasteiger partial charge in [0.1, 0.15) is 6.10 Å². The number of carbonyl (C=O) groups excluding carboxylic acids is 1. The summed E-state index contributed by atoms with van der Waals surface area (Å²) in [5.41, 5.74) is 6.62. The average Bonchev–Trinajstić information content (AvgIpc) is 2.47. The molecule has 108 valence electrons. The second-order valence-electron chi connectivity index (χ2n) is 4.76. The van der Waals surface area contributed by atoms with Gasteiger partial charge < -0.3 is 20.5 Å². The van der Waals surface area contributed by atoms with Gasteiger partial charge in [0.2, 0.25) is 5.91 Å². The van der Waals surface area contributed by atoms with Gasteiger partial charge in [0, 0.05) is 6.54 Å². The molecule has 1 aromatic rings. The summed E-state index contributed by atoms with van der Waals surface area (Å²) in [4.78, 5) is 24.3. The number of hydrogen-bond donors (Lipinski definition) is 2. The van der Waals surface area contributed by atoms with Crippen molar-refractivity contribution < 1.29 is 19.4 Å². The van der Waals surface area contributed by atoms with Crippen LogP contribution in [0.4, 0.5) is 0 Å². The lowest BCUT2D eigenvalue weighted by Crippen LogP contribution is -2.49. The number of rotatable bonds is 4. The first-order chi connectivity index (χ1) is 9.58. The molecule has 0 radical (unpaired) electrons. The third-order valence-electron chi connectivity index (χ3n) is 3.26. The predicted octanol–water partition coefficient (Wildman–Crippen LogP) is 0.389. The highest BCUT2D eigenvalue weighted by molar-refractivity contribution is 5.86. The van der Waals surface area contributed by atoms with E-state index in [1.165, 1.54) is 0 Å². The lowest BCUT2D eigenvalue weighted by molar-refractivity contribution is -0.145. The van der Waals surface area contributed by atoms with Gasteiger partial charge in [0.25, 0.3) is 0 Å². The van der Waals surface area contributed by atoms with E-state index in [-0.39, 0.29) is 18.4 Å². The fourth-order valence-electron chi connectivity index (χ4n) is 2.23. The standard InChI is InChI=1S/C14H18N2O4/c15-11(8-13(17)18)14(19)16-6-7-20-12(9-16)10-4-2-1-3-5-10/h1-5,11-12H,6-9,15H2,(H,17,18). The Labute approximate surface area is 117 Å². The van der Waals surface area contributed by atoms with Gasteiger partial charge in [-0.15, -0.1) is 0 Å². The lowest BCUT2D eigenvalue weighted by atomic mass is 10.1. The monoisotopic (exact) mass is 278 g/mol. The maximum atomic E-state index is 12.1. The van der Waals surface area contributed by atoms with Gasteiger partial charge in [-0.2, -0.15) is 0 Å². The van der Waals surface area contributed by atoms with Crippen molar-refractivity contribution in [3.05, 3.63) is 35.9 Å². The highest BCUT2D eigenvalue weighted by Gasteiger charge is 2.29. The zero-order valence-electron chi connectivity index (χ0n) is 11.1. The molecule has 1 heterocycles. The molecular weight excluding hydrogens is 260 g/mol. The average molecular weight is 278 g/mol. The van der Waals surface area contributed by atoms with Crippen molar-refractivity contribution >= 4 is 11.9 Å². The minimum atomic E-state index is -1.07. The number of benzene rings is 1. The Morgan fingerprint density at radius 1 is 1.40 bits per heavy atom. The Bertz CT molecular complexity index is 477. The van der Waals surface area contributed by atoms with Crippen molar-refractivity contribution in [3.8, 4) is 0 Å². The van der Waals surface area contributed by atoms with Crippen molar-refractivity contribution in [1.82, 2.24) is 4.90 Å². The first kappa shape index (κ1) is 14.5. The van der Waals surface area contributed by atoms with Gasteiger partial charge in [-0.1, -0.05) is 30.3 Å². The molecule has 20 heavy (non-hydrogen) atoms. The van der Waals surface area contributed by atoms with Crippen LogP contribution in [0.15, 0.2) is 30.3 Å². The second-order valence-corrected chi connectivity index (χ2v) is 4.76. The summed E-state index contributed by atoms with van der Waals surface area (Å²) in [6.07, 6.45) is -0.544. The summed E-state index contributed by atoms with van der Waals surface area (Å²) in [6.45, 7) is 1.26. The van der Waals surface area contributed by atoms with E-state index in [1.807, 2.05) is 30.3 Å². The van der Waals surface area contributed by atoms with Crippen molar-refractivity contribution in [1.29, 1.82) is 0 Å². The van der Waals surface area contributed by atoms with Gasteiger partial charge in [-0.25, -0.2) is 0 Å². The molecule has 3 N–H and O–H groups in total. The fourth-order valence-corrected chi connectivity index (χ4v) is 2.23. The summed E-state index contributed by atoms with van der Waals surface area (Å²) in [5, 5.41) is 8.69. The number of nitrogens with two attached hydrogens (primary N) is 1. The number of amides is 1. The molecule has 0 spiro atoms. The van der Waals surface area contributed by atoms with Crippen LogP contribution in [0.1, 0.15) is 18.1 Å². The number of hydrogen-bond acceptors (Lipinski definition) is 4. The SMILES string of the molecule is NC(CC(=O)O)C(=O)N1CCOC(c2ccccc2)C1.